The van der Waals surface area contributed by atoms with E-state index in [1.807, 2.05) is 0 Å². The summed E-state index contributed by atoms with van der Waals surface area (Å²) in [6.45, 7) is 7.05. The first-order valence-electron chi connectivity index (χ1n) is 15.2. The molecule has 0 aliphatic carbocycles. The largest absolute Gasteiger partial charge is 0.0645 e. The summed E-state index contributed by atoms with van der Waals surface area (Å²) in [5, 5.41) is 7.80. The van der Waals surface area contributed by atoms with Gasteiger partial charge in [-0.05, 0) is 95.6 Å². The van der Waals surface area contributed by atoms with Crippen molar-refractivity contribution >= 4 is 32.3 Å². The van der Waals surface area contributed by atoms with Crippen LogP contribution in [0.15, 0.2) is 140 Å². The number of rotatable bonds is 6. The van der Waals surface area contributed by atoms with Gasteiger partial charge in [0.2, 0.25) is 0 Å². The predicted octanol–water partition coefficient (Wildman–Crippen LogP) is 12.2. The van der Waals surface area contributed by atoms with Crippen molar-refractivity contribution in [2.24, 2.45) is 0 Å². The molecule has 0 heteroatoms. The maximum absolute atomic E-state index is 2.50. The fourth-order valence-corrected chi connectivity index (χ4v) is 6.72. The average molecular weight is 541 g/mol. The van der Waals surface area contributed by atoms with Crippen molar-refractivity contribution in [1.29, 1.82) is 0 Å². The molecule has 0 nitrogen and oxygen atoms in total. The average Bonchev–Trinajstić information content (AvgIpc) is 3.07. The molecule has 204 valence electrons. The third kappa shape index (κ3) is 4.30. The van der Waals surface area contributed by atoms with Crippen LogP contribution in [-0.2, 0) is 5.41 Å². The van der Waals surface area contributed by atoms with Crippen molar-refractivity contribution < 1.29 is 0 Å². The van der Waals surface area contributed by atoms with Crippen molar-refractivity contribution in [2.75, 3.05) is 0 Å². The van der Waals surface area contributed by atoms with Gasteiger partial charge in [0.05, 0.1) is 0 Å². The molecule has 0 fully saturated rings. The Labute approximate surface area is 249 Å². The summed E-state index contributed by atoms with van der Waals surface area (Å²) in [6.07, 6.45) is 2.22. The van der Waals surface area contributed by atoms with Gasteiger partial charge in [0, 0.05) is 0 Å². The van der Waals surface area contributed by atoms with E-state index < -0.39 is 0 Å². The van der Waals surface area contributed by atoms with Crippen LogP contribution >= 0.6 is 0 Å². The molecule has 0 atom stereocenters. The van der Waals surface area contributed by atoms with Gasteiger partial charge in [-0.1, -0.05) is 154 Å². The van der Waals surface area contributed by atoms with Gasteiger partial charge in [0.25, 0.3) is 0 Å². The van der Waals surface area contributed by atoms with Gasteiger partial charge in [-0.2, -0.15) is 0 Å². The number of benzene rings is 7. The van der Waals surface area contributed by atoms with E-state index in [9.17, 15) is 0 Å². The smallest absolute Gasteiger partial charge is 0.00201 e. The summed E-state index contributed by atoms with van der Waals surface area (Å²) < 4.78 is 0. The molecule has 0 amide bonds. The topological polar surface area (TPSA) is 0 Å². The second-order valence-electron chi connectivity index (χ2n) is 11.8. The van der Waals surface area contributed by atoms with Gasteiger partial charge in [-0.3, -0.25) is 0 Å². The first kappa shape index (κ1) is 26.2. The molecule has 7 aromatic rings. The van der Waals surface area contributed by atoms with Crippen molar-refractivity contribution in [3.05, 3.63) is 145 Å². The Morgan fingerprint density at radius 2 is 0.976 bits per heavy atom. The molecule has 0 aliphatic heterocycles. The van der Waals surface area contributed by atoms with Gasteiger partial charge < -0.3 is 0 Å². The number of hydrogen-bond acceptors (Lipinski definition) is 0. The van der Waals surface area contributed by atoms with Crippen LogP contribution in [0.4, 0.5) is 0 Å². The van der Waals surface area contributed by atoms with Crippen molar-refractivity contribution in [2.45, 2.75) is 39.0 Å². The lowest BCUT2D eigenvalue weighted by Crippen LogP contribution is -2.19. The van der Waals surface area contributed by atoms with Crippen LogP contribution in [0, 0.1) is 0 Å². The maximum atomic E-state index is 2.50. The third-order valence-corrected chi connectivity index (χ3v) is 9.62. The molecule has 0 unspecified atom stereocenters. The Morgan fingerprint density at radius 3 is 1.69 bits per heavy atom. The van der Waals surface area contributed by atoms with Crippen molar-refractivity contribution in [3.8, 4) is 33.4 Å². The summed E-state index contributed by atoms with van der Waals surface area (Å²) in [7, 11) is 0. The van der Waals surface area contributed by atoms with Gasteiger partial charge in [-0.25, -0.2) is 0 Å². The van der Waals surface area contributed by atoms with Gasteiger partial charge in [0.1, 0.15) is 0 Å². The molecule has 0 saturated heterocycles. The standard InChI is InChI=1S/C42H36/c1-4-42(3,5-2)33-26-27-38-39(28-33)40(32-24-22-30(23-25-32)29-14-7-6-8-15-29)36-19-11-12-20-37(36)41(38)35-21-13-17-31-16-9-10-18-34(31)35/h6-28H,4-5H2,1-3H3. The fraction of sp³-hybridized carbons (Fsp3) is 0.143. The SMILES string of the molecule is CCC(C)(CC)c1ccc2c(-c3cccc4ccccc34)c3ccccc3c(-c3ccc(-c4ccccc4)cc3)c2c1. The highest BCUT2D eigenvalue weighted by atomic mass is 14.3. The highest BCUT2D eigenvalue weighted by molar-refractivity contribution is 6.23. The first-order chi connectivity index (χ1) is 20.6. The van der Waals surface area contributed by atoms with Gasteiger partial charge in [0.15, 0.2) is 0 Å². The molecule has 0 saturated carbocycles. The van der Waals surface area contributed by atoms with Crippen LogP contribution in [0.5, 0.6) is 0 Å². The summed E-state index contributed by atoms with van der Waals surface area (Å²) in [4.78, 5) is 0. The van der Waals surface area contributed by atoms with Crippen LogP contribution in [0.2, 0.25) is 0 Å². The zero-order valence-electron chi connectivity index (χ0n) is 24.7. The highest BCUT2D eigenvalue weighted by Crippen LogP contribution is 2.47. The Morgan fingerprint density at radius 1 is 0.429 bits per heavy atom. The normalized spacial score (nSPS) is 11.9. The Balaban J connectivity index is 1.58. The lowest BCUT2D eigenvalue weighted by Gasteiger charge is -2.28. The zero-order chi connectivity index (χ0) is 28.7. The Bertz CT molecular complexity index is 2040. The summed E-state index contributed by atoms with van der Waals surface area (Å²) in [5.74, 6) is 0. The minimum absolute atomic E-state index is 0.133. The minimum atomic E-state index is 0.133. The van der Waals surface area contributed by atoms with E-state index in [0.717, 1.165) is 12.8 Å². The lowest BCUT2D eigenvalue weighted by molar-refractivity contribution is 0.439. The molecular weight excluding hydrogens is 504 g/mol. The Hall–Kier alpha value is -4.68. The Kier molecular flexibility index (Phi) is 6.63. The fourth-order valence-electron chi connectivity index (χ4n) is 6.72. The van der Waals surface area contributed by atoms with Crippen LogP contribution in [0.1, 0.15) is 39.2 Å². The van der Waals surface area contributed by atoms with Crippen molar-refractivity contribution in [1.82, 2.24) is 0 Å². The van der Waals surface area contributed by atoms with Gasteiger partial charge >= 0.3 is 0 Å². The van der Waals surface area contributed by atoms with E-state index in [1.165, 1.54) is 71.3 Å². The second kappa shape index (κ2) is 10.6. The molecular formula is C42H36. The van der Waals surface area contributed by atoms with E-state index in [1.54, 1.807) is 0 Å². The van der Waals surface area contributed by atoms with Crippen LogP contribution in [0.3, 0.4) is 0 Å². The van der Waals surface area contributed by atoms with Crippen LogP contribution < -0.4 is 0 Å². The quantitative estimate of drug-likeness (QED) is 0.184. The minimum Gasteiger partial charge on any atom is -0.0645 e. The number of fused-ring (bicyclic) bond motifs is 3. The van der Waals surface area contributed by atoms with Crippen LogP contribution in [-0.4, -0.2) is 0 Å². The van der Waals surface area contributed by atoms with Crippen LogP contribution in [0.25, 0.3) is 65.7 Å². The van der Waals surface area contributed by atoms with E-state index in [4.69, 9.17) is 0 Å². The monoisotopic (exact) mass is 540 g/mol. The number of hydrogen-bond donors (Lipinski definition) is 0. The molecule has 42 heavy (non-hydrogen) atoms. The molecule has 0 aliphatic rings. The summed E-state index contributed by atoms with van der Waals surface area (Å²) >= 11 is 0. The molecule has 0 spiro atoms. The molecule has 0 heterocycles. The third-order valence-electron chi connectivity index (χ3n) is 9.62. The van der Waals surface area contributed by atoms with Crippen molar-refractivity contribution in [3.63, 3.8) is 0 Å². The maximum Gasteiger partial charge on any atom is -0.00201 e. The zero-order valence-corrected chi connectivity index (χ0v) is 24.7. The molecule has 7 rings (SSSR count). The first-order valence-corrected chi connectivity index (χ1v) is 15.2. The molecule has 0 N–H and O–H groups in total. The predicted molar refractivity (Wildman–Crippen MR) is 183 cm³/mol. The molecule has 0 aromatic heterocycles. The van der Waals surface area contributed by atoms with E-state index in [-0.39, 0.29) is 5.41 Å². The lowest BCUT2D eigenvalue weighted by atomic mass is 9.76. The molecule has 0 radical (unpaired) electrons. The molecule has 7 aromatic carbocycles. The summed E-state index contributed by atoms with van der Waals surface area (Å²) in [5.41, 5.74) is 9.23. The van der Waals surface area contributed by atoms with E-state index in [0.29, 0.717) is 0 Å². The summed E-state index contributed by atoms with van der Waals surface area (Å²) in [6, 6.07) is 51.6. The van der Waals surface area contributed by atoms with Gasteiger partial charge in [-0.15, -0.1) is 0 Å². The molecule has 0 bridgehead atoms. The van der Waals surface area contributed by atoms with E-state index in [2.05, 4.69) is 160 Å². The van der Waals surface area contributed by atoms with E-state index >= 15 is 0 Å². The highest BCUT2D eigenvalue weighted by Gasteiger charge is 2.25. The second-order valence-corrected chi connectivity index (χ2v) is 11.8.